The number of hydrogen-bond acceptors (Lipinski definition) is 5. The lowest BCUT2D eigenvalue weighted by molar-refractivity contribution is -0.131. The van der Waals surface area contributed by atoms with E-state index in [9.17, 15) is 4.79 Å². The van der Waals surface area contributed by atoms with E-state index in [0.29, 0.717) is 0 Å². The second-order valence-electron chi connectivity index (χ2n) is 6.17. The van der Waals surface area contributed by atoms with Crippen molar-refractivity contribution in [3.05, 3.63) is 65.6 Å². The van der Waals surface area contributed by atoms with Crippen molar-refractivity contribution in [1.29, 1.82) is 0 Å². The summed E-state index contributed by atoms with van der Waals surface area (Å²) in [4.78, 5) is 18.9. The van der Waals surface area contributed by atoms with Crippen LogP contribution >= 0.6 is 11.3 Å². The Morgan fingerprint density at radius 2 is 2.12 bits per heavy atom. The van der Waals surface area contributed by atoms with Crippen LogP contribution in [0.5, 0.6) is 0 Å². The van der Waals surface area contributed by atoms with Gasteiger partial charge in [0.05, 0.1) is 24.4 Å². The maximum Gasteiger partial charge on any atom is 0.228 e. The minimum atomic E-state index is -0.155. The van der Waals surface area contributed by atoms with E-state index in [1.165, 1.54) is 11.3 Å². The van der Waals surface area contributed by atoms with E-state index in [2.05, 4.69) is 4.98 Å². The molecular formula is C20H18N2O3S. The molecule has 3 heterocycles. The van der Waals surface area contributed by atoms with Crippen LogP contribution in [-0.2, 0) is 11.2 Å². The average molecular weight is 366 g/mol. The molecule has 26 heavy (non-hydrogen) atoms. The van der Waals surface area contributed by atoms with Gasteiger partial charge in [-0.25, -0.2) is 4.98 Å². The van der Waals surface area contributed by atoms with Crippen molar-refractivity contribution in [2.75, 3.05) is 7.05 Å². The third kappa shape index (κ3) is 3.15. The van der Waals surface area contributed by atoms with Gasteiger partial charge in [0.2, 0.25) is 5.91 Å². The monoisotopic (exact) mass is 366 g/mol. The number of fused-ring (bicyclic) bond motifs is 1. The first-order valence-corrected chi connectivity index (χ1v) is 9.22. The van der Waals surface area contributed by atoms with Crippen LogP contribution in [0.1, 0.15) is 24.4 Å². The number of furan rings is 2. The minimum absolute atomic E-state index is 0.00532. The van der Waals surface area contributed by atoms with Crippen molar-refractivity contribution in [3.8, 4) is 10.8 Å². The molecule has 0 aliphatic heterocycles. The van der Waals surface area contributed by atoms with Gasteiger partial charge in [0, 0.05) is 17.8 Å². The van der Waals surface area contributed by atoms with Crippen molar-refractivity contribution in [2.24, 2.45) is 0 Å². The highest BCUT2D eigenvalue weighted by Gasteiger charge is 2.22. The SMILES string of the molecule is CC(c1cc2ccccc2o1)N(C)C(=O)Cc1csc(-c2ccco2)n1. The van der Waals surface area contributed by atoms with Crippen LogP contribution in [0, 0.1) is 0 Å². The molecule has 1 amide bonds. The molecule has 0 spiro atoms. The molecule has 132 valence electrons. The van der Waals surface area contributed by atoms with Gasteiger partial charge in [-0.2, -0.15) is 0 Å². The number of likely N-dealkylation sites (N-methyl/N-ethyl adjacent to an activating group) is 1. The van der Waals surface area contributed by atoms with Crippen LogP contribution in [0.4, 0.5) is 0 Å². The molecule has 0 fully saturated rings. The molecule has 5 nitrogen and oxygen atoms in total. The van der Waals surface area contributed by atoms with Gasteiger partial charge in [-0.3, -0.25) is 4.79 Å². The number of nitrogens with zero attached hydrogens (tertiary/aromatic N) is 2. The predicted octanol–water partition coefficient (Wildman–Crippen LogP) is 4.91. The molecule has 1 unspecified atom stereocenters. The highest BCUT2D eigenvalue weighted by molar-refractivity contribution is 7.13. The molecule has 1 atom stereocenters. The van der Waals surface area contributed by atoms with E-state index in [1.807, 2.05) is 54.8 Å². The zero-order valence-corrected chi connectivity index (χ0v) is 15.3. The number of carbonyl (C=O) groups is 1. The zero-order valence-electron chi connectivity index (χ0n) is 14.5. The Balaban J connectivity index is 1.47. The Morgan fingerprint density at radius 3 is 2.88 bits per heavy atom. The van der Waals surface area contributed by atoms with E-state index in [1.54, 1.807) is 18.2 Å². The van der Waals surface area contributed by atoms with Crippen molar-refractivity contribution < 1.29 is 13.6 Å². The van der Waals surface area contributed by atoms with Gasteiger partial charge in [-0.05, 0) is 31.2 Å². The summed E-state index contributed by atoms with van der Waals surface area (Å²) in [5.74, 6) is 1.49. The van der Waals surface area contributed by atoms with Crippen molar-refractivity contribution >= 4 is 28.2 Å². The molecule has 0 saturated heterocycles. The molecule has 0 bridgehead atoms. The lowest BCUT2D eigenvalue weighted by Gasteiger charge is -2.23. The van der Waals surface area contributed by atoms with Crippen molar-refractivity contribution in [2.45, 2.75) is 19.4 Å². The second kappa shape index (κ2) is 6.80. The van der Waals surface area contributed by atoms with Crippen LogP contribution < -0.4 is 0 Å². The van der Waals surface area contributed by atoms with Crippen molar-refractivity contribution in [1.82, 2.24) is 9.88 Å². The summed E-state index contributed by atoms with van der Waals surface area (Å²) in [7, 11) is 1.79. The Morgan fingerprint density at radius 1 is 1.27 bits per heavy atom. The first-order chi connectivity index (χ1) is 12.6. The number of aromatic nitrogens is 1. The summed E-state index contributed by atoms with van der Waals surface area (Å²) in [6, 6.07) is 13.4. The largest absolute Gasteiger partial charge is 0.462 e. The third-order valence-corrected chi connectivity index (χ3v) is 5.35. The Labute approximate surface area is 154 Å². The van der Waals surface area contributed by atoms with Crippen LogP contribution in [0.3, 0.4) is 0 Å². The molecule has 0 aliphatic carbocycles. The Bertz CT molecular complexity index is 999. The Hall–Kier alpha value is -2.86. The van der Waals surface area contributed by atoms with Gasteiger partial charge in [-0.15, -0.1) is 11.3 Å². The fraction of sp³-hybridized carbons (Fsp3) is 0.200. The number of benzene rings is 1. The maximum absolute atomic E-state index is 12.7. The van der Waals surface area contributed by atoms with Gasteiger partial charge in [0.15, 0.2) is 10.8 Å². The normalized spacial score (nSPS) is 12.4. The first-order valence-electron chi connectivity index (χ1n) is 8.34. The van der Waals surface area contributed by atoms with Crippen LogP contribution in [0.25, 0.3) is 21.7 Å². The molecule has 0 aliphatic rings. The molecule has 0 radical (unpaired) electrons. The van der Waals surface area contributed by atoms with E-state index in [4.69, 9.17) is 8.83 Å². The zero-order chi connectivity index (χ0) is 18.1. The molecule has 0 N–H and O–H groups in total. The molecule has 4 aromatic rings. The summed E-state index contributed by atoms with van der Waals surface area (Å²) in [6.07, 6.45) is 1.86. The van der Waals surface area contributed by atoms with Crippen LogP contribution in [0.15, 0.2) is 62.9 Å². The Kier molecular flexibility index (Phi) is 4.34. The molecule has 6 heteroatoms. The molecule has 0 saturated carbocycles. The maximum atomic E-state index is 12.7. The molecule has 3 aromatic heterocycles. The summed E-state index contributed by atoms with van der Waals surface area (Å²) in [5, 5.41) is 3.72. The molecular weight excluding hydrogens is 348 g/mol. The topological polar surface area (TPSA) is 59.5 Å². The van der Waals surface area contributed by atoms with E-state index in [0.717, 1.165) is 33.2 Å². The number of amides is 1. The van der Waals surface area contributed by atoms with E-state index in [-0.39, 0.29) is 18.4 Å². The average Bonchev–Trinajstić information content (AvgIpc) is 3.39. The highest BCUT2D eigenvalue weighted by Crippen LogP contribution is 2.28. The van der Waals surface area contributed by atoms with Crippen molar-refractivity contribution in [3.63, 3.8) is 0 Å². The lowest BCUT2D eigenvalue weighted by Crippen LogP contribution is -2.30. The van der Waals surface area contributed by atoms with E-state index >= 15 is 0 Å². The first kappa shape index (κ1) is 16.6. The second-order valence-corrected chi connectivity index (χ2v) is 7.02. The summed E-state index contributed by atoms with van der Waals surface area (Å²) in [6.45, 7) is 1.96. The lowest BCUT2D eigenvalue weighted by atomic mass is 10.2. The quantitative estimate of drug-likeness (QED) is 0.503. The van der Waals surface area contributed by atoms with Gasteiger partial charge < -0.3 is 13.7 Å². The highest BCUT2D eigenvalue weighted by atomic mass is 32.1. The fourth-order valence-electron chi connectivity index (χ4n) is 2.80. The summed E-state index contributed by atoms with van der Waals surface area (Å²) < 4.78 is 11.2. The smallest absolute Gasteiger partial charge is 0.228 e. The van der Waals surface area contributed by atoms with Crippen LogP contribution in [0.2, 0.25) is 0 Å². The number of thiazole rings is 1. The number of hydrogen-bond donors (Lipinski definition) is 0. The number of rotatable bonds is 5. The van der Waals surface area contributed by atoms with E-state index < -0.39 is 0 Å². The van der Waals surface area contributed by atoms with Gasteiger partial charge in [0.1, 0.15) is 11.3 Å². The standard InChI is InChI=1S/C20H18N2O3S/c1-13(18-10-14-6-3-4-7-16(14)25-18)22(2)19(23)11-15-12-26-20(21-15)17-8-5-9-24-17/h3-10,12-13H,11H2,1-2H3. The molecule has 4 rings (SSSR count). The van der Waals surface area contributed by atoms with Crippen LogP contribution in [-0.4, -0.2) is 22.8 Å². The van der Waals surface area contributed by atoms with Gasteiger partial charge >= 0.3 is 0 Å². The predicted molar refractivity (Wildman–Crippen MR) is 101 cm³/mol. The van der Waals surface area contributed by atoms with Gasteiger partial charge in [-0.1, -0.05) is 18.2 Å². The number of carbonyl (C=O) groups excluding carboxylic acids is 1. The minimum Gasteiger partial charge on any atom is -0.462 e. The summed E-state index contributed by atoms with van der Waals surface area (Å²) in [5.41, 5.74) is 1.58. The van der Waals surface area contributed by atoms with Gasteiger partial charge in [0.25, 0.3) is 0 Å². The number of para-hydroxylation sites is 1. The molecule has 1 aromatic carbocycles. The summed E-state index contributed by atoms with van der Waals surface area (Å²) >= 11 is 1.47. The fourth-order valence-corrected chi connectivity index (χ4v) is 3.58. The third-order valence-electron chi connectivity index (χ3n) is 4.45.